The van der Waals surface area contributed by atoms with Gasteiger partial charge in [-0.25, -0.2) is 18.1 Å². The number of hydrogen-bond acceptors (Lipinski definition) is 3. The van der Waals surface area contributed by atoms with Crippen LogP contribution in [-0.2, 0) is 29.4 Å². The van der Waals surface area contributed by atoms with Crippen molar-refractivity contribution >= 4 is 10.0 Å². The summed E-state index contributed by atoms with van der Waals surface area (Å²) in [7, 11) is -3.44. The topological polar surface area (TPSA) is 64.0 Å². The lowest BCUT2D eigenvalue weighted by Crippen LogP contribution is -2.26. The van der Waals surface area contributed by atoms with E-state index in [9.17, 15) is 8.42 Å². The predicted octanol–water partition coefficient (Wildman–Crippen LogP) is 1.86. The maximum absolute atomic E-state index is 12.3. The minimum absolute atomic E-state index is 0.268. The average molecular weight is 285 g/mol. The van der Waals surface area contributed by atoms with E-state index in [1.165, 1.54) is 0 Å². The summed E-state index contributed by atoms with van der Waals surface area (Å²) in [6, 6.07) is 0. The summed E-state index contributed by atoms with van der Waals surface area (Å²) in [6.07, 6.45) is 5.60. The van der Waals surface area contributed by atoms with Crippen molar-refractivity contribution in [3.63, 3.8) is 0 Å². The Hall–Kier alpha value is -0.880. The highest BCUT2D eigenvalue weighted by Crippen LogP contribution is 2.24. The Balaban J connectivity index is 2.40. The van der Waals surface area contributed by atoms with E-state index in [4.69, 9.17) is 0 Å². The van der Waals surface area contributed by atoms with E-state index in [0.29, 0.717) is 6.54 Å². The highest BCUT2D eigenvalue weighted by molar-refractivity contribution is 7.89. The first kappa shape index (κ1) is 14.5. The summed E-state index contributed by atoms with van der Waals surface area (Å²) >= 11 is 0. The molecule has 0 atom stereocenters. The zero-order valence-corrected chi connectivity index (χ0v) is 12.6. The van der Waals surface area contributed by atoms with Crippen molar-refractivity contribution in [2.24, 2.45) is 0 Å². The van der Waals surface area contributed by atoms with Gasteiger partial charge in [-0.15, -0.1) is 0 Å². The third kappa shape index (κ3) is 3.00. The number of aromatic nitrogens is 2. The van der Waals surface area contributed by atoms with Crippen LogP contribution in [0.4, 0.5) is 0 Å². The number of fused-ring (bicyclic) bond motifs is 1. The third-order valence-corrected chi connectivity index (χ3v) is 4.85. The molecule has 0 aromatic carbocycles. The summed E-state index contributed by atoms with van der Waals surface area (Å²) in [5.74, 6) is 0.925. The molecule has 0 spiro atoms. The Morgan fingerprint density at radius 1 is 1.26 bits per heavy atom. The van der Waals surface area contributed by atoms with Gasteiger partial charge in [0.2, 0.25) is 0 Å². The Morgan fingerprint density at radius 2 is 2.05 bits per heavy atom. The monoisotopic (exact) mass is 285 g/mol. The van der Waals surface area contributed by atoms with Gasteiger partial charge in [0, 0.05) is 19.5 Å². The van der Waals surface area contributed by atoms with Gasteiger partial charge in [-0.1, -0.05) is 13.8 Å². The molecule has 0 fully saturated rings. The Bertz CT molecular complexity index is 534. The molecule has 108 valence electrons. The molecule has 6 heteroatoms. The first-order valence-electron chi connectivity index (χ1n) is 7.18. The van der Waals surface area contributed by atoms with Crippen LogP contribution < -0.4 is 4.72 Å². The molecule has 1 N–H and O–H groups in total. The smallest absolute Gasteiger partial charge is 0.259 e. The quantitative estimate of drug-likeness (QED) is 0.867. The lowest BCUT2D eigenvalue weighted by molar-refractivity contribution is 0.506. The van der Waals surface area contributed by atoms with Crippen LogP contribution in [0.25, 0.3) is 0 Å². The van der Waals surface area contributed by atoms with E-state index in [1.54, 1.807) is 0 Å². The first-order valence-corrected chi connectivity index (χ1v) is 8.66. The molecular formula is C13H23N3O2S. The van der Waals surface area contributed by atoms with Crippen LogP contribution in [0.3, 0.4) is 0 Å². The lowest BCUT2D eigenvalue weighted by Gasteiger charge is -2.17. The van der Waals surface area contributed by atoms with Crippen molar-refractivity contribution in [3.8, 4) is 0 Å². The fourth-order valence-corrected chi connectivity index (χ4v) is 3.87. The van der Waals surface area contributed by atoms with Crippen LogP contribution in [0.5, 0.6) is 0 Å². The van der Waals surface area contributed by atoms with Gasteiger partial charge in [-0.05, 0) is 32.1 Å². The molecule has 1 aromatic rings. The van der Waals surface area contributed by atoms with Crippen molar-refractivity contribution in [2.75, 3.05) is 6.54 Å². The highest BCUT2D eigenvalue weighted by Gasteiger charge is 2.27. The number of sulfonamides is 1. The molecule has 0 amide bonds. The van der Waals surface area contributed by atoms with Gasteiger partial charge < -0.3 is 4.57 Å². The zero-order chi connectivity index (χ0) is 13.9. The Morgan fingerprint density at radius 3 is 2.74 bits per heavy atom. The minimum Gasteiger partial charge on any atom is -0.331 e. The van der Waals surface area contributed by atoms with Gasteiger partial charge in [-0.2, -0.15) is 0 Å². The van der Waals surface area contributed by atoms with Gasteiger partial charge in [0.15, 0.2) is 5.03 Å². The molecule has 0 bridgehead atoms. The molecule has 0 saturated heterocycles. The highest BCUT2D eigenvalue weighted by atomic mass is 32.2. The average Bonchev–Trinajstić information content (AvgIpc) is 2.77. The van der Waals surface area contributed by atoms with Gasteiger partial charge in [0.05, 0.1) is 5.69 Å². The van der Waals surface area contributed by atoms with Crippen LogP contribution in [0.1, 0.15) is 51.0 Å². The van der Waals surface area contributed by atoms with Crippen LogP contribution in [-0.4, -0.2) is 24.5 Å². The van der Waals surface area contributed by atoms with E-state index >= 15 is 0 Å². The molecule has 0 saturated carbocycles. The molecule has 0 unspecified atom stereocenters. The number of nitrogens with zero attached hydrogens (tertiary/aromatic N) is 2. The standard InChI is InChI=1S/C13H23N3O2S/c1-3-7-12-15-13(19(17,18)14-9-4-2)11-8-5-6-10-16(11)12/h14H,3-10H2,1-2H3. The van der Waals surface area contributed by atoms with Gasteiger partial charge in [-0.3, -0.25) is 0 Å². The first-order chi connectivity index (χ1) is 9.10. The Labute approximate surface area is 115 Å². The maximum atomic E-state index is 12.3. The van der Waals surface area contributed by atoms with Crippen molar-refractivity contribution < 1.29 is 8.42 Å². The van der Waals surface area contributed by atoms with Gasteiger partial charge in [0.25, 0.3) is 10.0 Å². The van der Waals surface area contributed by atoms with E-state index in [-0.39, 0.29) is 5.03 Å². The van der Waals surface area contributed by atoms with Crippen molar-refractivity contribution in [3.05, 3.63) is 11.5 Å². The molecule has 2 heterocycles. The molecule has 2 rings (SSSR count). The number of hydrogen-bond donors (Lipinski definition) is 1. The fraction of sp³-hybridized carbons (Fsp3) is 0.769. The summed E-state index contributed by atoms with van der Waals surface area (Å²) in [6.45, 7) is 5.42. The maximum Gasteiger partial charge on any atom is 0.259 e. The molecular weight excluding hydrogens is 262 g/mol. The van der Waals surface area contributed by atoms with Crippen LogP contribution in [0.2, 0.25) is 0 Å². The molecule has 1 aromatic heterocycles. The number of nitrogens with one attached hydrogen (secondary N) is 1. The summed E-state index contributed by atoms with van der Waals surface area (Å²) in [5, 5.41) is 0.268. The normalized spacial score (nSPS) is 15.5. The number of imidazole rings is 1. The SMILES string of the molecule is CCCNS(=O)(=O)c1nc(CCC)n2c1CCCC2. The minimum atomic E-state index is -3.44. The number of aryl methyl sites for hydroxylation is 1. The van der Waals surface area contributed by atoms with E-state index in [1.807, 2.05) is 6.92 Å². The summed E-state index contributed by atoms with van der Waals surface area (Å²) < 4.78 is 29.3. The zero-order valence-electron chi connectivity index (χ0n) is 11.8. The van der Waals surface area contributed by atoms with Crippen molar-refractivity contribution in [2.45, 2.75) is 63.9 Å². The second-order valence-electron chi connectivity index (χ2n) is 5.04. The Kier molecular flexibility index (Phi) is 4.62. The summed E-state index contributed by atoms with van der Waals surface area (Å²) in [4.78, 5) is 4.42. The van der Waals surface area contributed by atoms with E-state index < -0.39 is 10.0 Å². The van der Waals surface area contributed by atoms with Crippen molar-refractivity contribution in [1.29, 1.82) is 0 Å². The molecule has 19 heavy (non-hydrogen) atoms. The van der Waals surface area contributed by atoms with Crippen LogP contribution >= 0.6 is 0 Å². The third-order valence-electron chi connectivity index (χ3n) is 3.43. The molecule has 0 radical (unpaired) electrons. The second-order valence-corrected chi connectivity index (χ2v) is 6.72. The fourth-order valence-electron chi connectivity index (χ4n) is 2.52. The van der Waals surface area contributed by atoms with Crippen LogP contribution in [0, 0.1) is 0 Å². The summed E-state index contributed by atoms with van der Waals surface area (Å²) in [5.41, 5.74) is 0.901. The molecule has 0 aliphatic carbocycles. The second kappa shape index (κ2) is 6.05. The predicted molar refractivity (Wildman–Crippen MR) is 74.6 cm³/mol. The largest absolute Gasteiger partial charge is 0.331 e. The molecule has 1 aliphatic rings. The molecule has 5 nitrogen and oxygen atoms in total. The number of rotatable bonds is 6. The van der Waals surface area contributed by atoms with Gasteiger partial charge in [0.1, 0.15) is 5.82 Å². The molecule has 1 aliphatic heterocycles. The lowest BCUT2D eigenvalue weighted by atomic mass is 10.1. The van der Waals surface area contributed by atoms with Gasteiger partial charge >= 0.3 is 0 Å². The van der Waals surface area contributed by atoms with Crippen LogP contribution in [0.15, 0.2) is 5.03 Å². The van der Waals surface area contributed by atoms with E-state index in [2.05, 4.69) is 21.2 Å². The van der Waals surface area contributed by atoms with Crippen molar-refractivity contribution in [1.82, 2.24) is 14.3 Å². The van der Waals surface area contributed by atoms with E-state index in [0.717, 1.165) is 56.6 Å².